The Bertz CT molecular complexity index is 1050. The first-order chi connectivity index (χ1) is 12.7. The van der Waals surface area contributed by atoms with Crippen molar-refractivity contribution in [1.82, 2.24) is 9.55 Å². The van der Waals surface area contributed by atoms with Gasteiger partial charge in [-0.15, -0.1) is 0 Å². The predicted octanol–water partition coefficient (Wildman–Crippen LogP) is 2.73. The highest BCUT2D eigenvalue weighted by molar-refractivity contribution is 5.97. The molecule has 2 heterocycles. The molecule has 1 amide bonds. The van der Waals surface area contributed by atoms with Crippen LogP contribution in [0.2, 0.25) is 0 Å². The Balaban J connectivity index is 2.04. The summed E-state index contributed by atoms with van der Waals surface area (Å²) in [5.41, 5.74) is 2.27. The van der Waals surface area contributed by atoms with Crippen molar-refractivity contribution >= 4 is 22.9 Å². The van der Waals surface area contributed by atoms with Gasteiger partial charge in [0.05, 0.1) is 37.4 Å². The third-order valence-corrected chi connectivity index (χ3v) is 4.60. The number of anilines is 1. The molecule has 0 aliphatic carbocycles. The number of nitriles is 1. The van der Waals surface area contributed by atoms with Crippen molar-refractivity contribution in [1.29, 1.82) is 5.26 Å². The molecule has 0 saturated heterocycles. The Morgan fingerprint density at radius 1 is 1.15 bits per heavy atom. The first-order valence-corrected chi connectivity index (χ1v) is 8.08. The number of aromatic nitrogens is 2. The van der Waals surface area contributed by atoms with Crippen LogP contribution in [0.1, 0.15) is 11.6 Å². The molecule has 4 rings (SSSR count). The van der Waals surface area contributed by atoms with E-state index in [2.05, 4.69) is 16.4 Å². The first-order valence-electron chi connectivity index (χ1n) is 8.08. The van der Waals surface area contributed by atoms with Crippen LogP contribution in [0.3, 0.4) is 0 Å². The molecule has 0 radical (unpaired) electrons. The van der Waals surface area contributed by atoms with Crippen LogP contribution in [0.5, 0.6) is 11.5 Å². The Kier molecular flexibility index (Phi) is 3.73. The molecular weight excluding hydrogens is 332 g/mol. The van der Waals surface area contributed by atoms with Crippen LogP contribution in [0, 0.1) is 17.2 Å². The number of rotatable bonds is 3. The molecule has 0 saturated carbocycles. The number of fused-ring (bicyclic) bond motifs is 3. The molecule has 0 unspecified atom stereocenters. The van der Waals surface area contributed by atoms with E-state index in [0.717, 1.165) is 11.0 Å². The number of ether oxygens (including phenoxy) is 2. The van der Waals surface area contributed by atoms with Crippen molar-refractivity contribution in [2.45, 2.75) is 6.04 Å². The molecule has 130 valence electrons. The highest BCUT2D eigenvalue weighted by Crippen LogP contribution is 2.43. The average Bonchev–Trinajstić information content (AvgIpc) is 3.03. The molecule has 0 fully saturated rings. The van der Waals surface area contributed by atoms with E-state index in [1.54, 1.807) is 20.3 Å². The van der Waals surface area contributed by atoms with Crippen LogP contribution in [0.25, 0.3) is 11.0 Å². The van der Waals surface area contributed by atoms with Crippen molar-refractivity contribution in [3.05, 3.63) is 48.0 Å². The summed E-state index contributed by atoms with van der Waals surface area (Å²) in [6, 6.07) is 14.5. The van der Waals surface area contributed by atoms with Gasteiger partial charge in [-0.05, 0) is 18.2 Å². The van der Waals surface area contributed by atoms with Crippen molar-refractivity contribution in [2.24, 2.45) is 5.92 Å². The number of nitrogens with zero attached hydrogens (tertiary/aromatic N) is 3. The fourth-order valence-electron chi connectivity index (χ4n) is 3.49. The van der Waals surface area contributed by atoms with E-state index in [1.807, 2.05) is 41.0 Å². The minimum Gasteiger partial charge on any atom is -0.493 e. The first kappa shape index (κ1) is 16.0. The highest BCUT2D eigenvalue weighted by Gasteiger charge is 2.40. The number of amides is 1. The molecule has 2 atom stereocenters. The molecular formula is C19H16N4O3. The molecule has 26 heavy (non-hydrogen) atoms. The normalized spacial score (nSPS) is 18.7. The third kappa shape index (κ3) is 2.19. The molecule has 7 heteroatoms. The summed E-state index contributed by atoms with van der Waals surface area (Å²) in [6.45, 7) is 0. The predicted molar refractivity (Wildman–Crippen MR) is 95.2 cm³/mol. The topological polar surface area (TPSA) is 89.2 Å². The van der Waals surface area contributed by atoms with Crippen molar-refractivity contribution in [3.63, 3.8) is 0 Å². The van der Waals surface area contributed by atoms with Gasteiger partial charge in [-0.3, -0.25) is 10.1 Å². The summed E-state index contributed by atoms with van der Waals surface area (Å²) < 4.78 is 12.8. The van der Waals surface area contributed by atoms with Crippen molar-refractivity contribution in [2.75, 3.05) is 19.5 Å². The fourth-order valence-corrected chi connectivity index (χ4v) is 3.49. The number of carbonyl (C=O) groups is 1. The maximum Gasteiger partial charge on any atom is 0.246 e. The molecule has 2 aromatic carbocycles. The van der Waals surface area contributed by atoms with E-state index < -0.39 is 12.0 Å². The minimum atomic E-state index is -0.930. The van der Waals surface area contributed by atoms with Gasteiger partial charge in [0.25, 0.3) is 0 Å². The van der Waals surface area contributed by atoms with E-state index in [9.17, 15) is 10.1 Å². The Hall–Kier alpha value is -3.53. The van der Waals surface area contributed by atoms with Crippen LogP contribution in [-0.4, -0.2) is 29.7 Å². The quantitative estimate of drug-likeness (QED) is 0.786. The van der Waals surface area contributed by atoms with Gasteiger partial charge in [0.15, 0.2) is 17.4 Å². The summed E-state index contributed by atoms with van der Waals surface area (Å²) in [5.74, 6) is 0.140. The van der Waals surface area contributed by atoms with E-state index in [-0.39, 0.29) is 5.91 Å². The maximum atomic E-state index is 12.5. The number of hydrogen-bond acceptors (Lipinski definition) is 5. The average molecular weight is 348 g/mol. The number of carbonyl (C=O) groups excluding carboxylic acids is 1. The van der Waals surface area contributed by atoms with Crippen LogP contribution in [0.15, 0.2) is 42.5 Å². The van der Waals surface area contributed by atoms with Gasteiger partial charge in [-0.1, -0.05) is 24.3 Å². The van der Waals surface area contributed by atoms with E-state index in [4.69, 9.17) is 9.47 Å². The van der Waals surface area contributed by atoms with Gasteiger partial charge in [0.2, 0.25) is 11.9 Å². The minimum absolute atomic E-state index is 0.384. The Morgan fingerprint density at radius 2 is 1.96 bits per heavy atom. The standard InChI is InChI=1S/C19H16N4O3/c1-25-15-9-5-6-11(17(15)26-2)16-12(10-20)18(24)22-19-21-13-7-3-4-8-14(13)23(16)19/h3-9,12,16H,1-2H3,(H,21,22,24)/t12-,16+/m1/s1. The van der Waals surface area contributed by atoms with Gasteiger partial charge in [0, 0.05) is 5.56 Å². The second-order valence-electron chi connectivity index (χ2n) is 5.92. The number of hydrogen-bond donors (Lipinski definition) is 1. The zero-order chi connectivity index (χ0) is 18.3. The largest absolute Gasteiger partial charge is 0.493 e. The smallest absolute Gasteiger partial charge is 0.246 e. The number of para-hydroxylation sites is 3. The van der Waals surface area contributed by atoms with Crippen molar-refractivity contribution < 1.29 is 14.3 Å². The van der Waals surface area contributed by atoms with Crippen LogP contribution >= 0.6 is 0 Å². The van der Waals surface area contributed by atoms with Gasteiger partial charge in [-0.2, -0.15) is 5.26 Å². The molecule has 1 aliphatic heterocycles. The summed E-state index contributed by atoms with van der Waals surface area (Å²) >= 11 is 0. The molecule has 1 N–H and O–H groups in total. The van der Waals surface area contributed by atoms with E-state index in [0.29, 0.717) is 23.0 Å². The SMILES string of the molecule is COc1cccc([C@H]2[C@@H](C#N)C(=O)Nc3nc4ccccc4n32)c1OC. The molecule has 1 aliphatic rings. The van der Waals surface area contributed by atoms with Crippen LogP contribution < -0.4 is 14.8 Å². The zero-order valence-electron chi connectivity index (χ0n) is 14.3. The Morgan fingerprint density at radius 3 is 2.69 bits per heavy atom. The summed E-state index contributed by atoms with van der Waals surface area (Å²) in [5, 5.41) is 12.4. The summed E-state index contributed by atoms with van der Waals surface area (Å²) in [7, 11) is 3.09. The summed E-state index contributed by atoms with van der Waals surface area (Å²) in [6.07, 6.45) is 0. The molecule has 7 nitrogen and oxygen atoms in total. The number of nitrogens with one attached hydrogen (secondary N) is 1. The molecule has 0 spiro atoms. The second-order valence-corrected chi connectivity index (χ2v) is 5.92. The summed E-state index contributed by atoms with van der Waals surface area (Å²) in [4.78, 5) is 17.0. The lowest BCUT2D eigenvalue weighted by molar-refractivity contribution is -0.119. The number of imidazole rings is 1. The van der Waals surface area contributed by atoms with Gasteiger partial charge < -0.3 is 14.0 Å². The van der Waals surface area contributed by atoms with Crippen LogP contribution in [0.4, 0.5) is 5.95 Å². The van der Waals surface area contributed by atoms with Gasteiger partial charge in [-0.25, -0.2) is 4.98 Å². The van der Waals surface area contributed by atoms with Gasteiger partial charge >= 0.3 is 0 Å². The highest BCUT2D eigenvalue weighted by atomic mass is 16.5. The monoisotopic (exact) mass is 348 g/mol. The van der Waals surface area contributed by atoms with Crippen LogP contribution in [-0.2, 0) is 4.79 Å². The third-order valence-electron chi connectivity index (χ3n) is 4.60. The zero-order valence-corrected chi connectivity index (χ0v) is 14.3. The fraction of sp³-hybridized carbons (Fsp3) is 0.211. The number of methoxy groups -OCH3 is 2. The second kappa shape index (κ2) is 6.08. The molecule has 1 aromatic heterocycles. The van der Waals surface area contributed by atoms with E-state index >= 15 is 0 Å². The number of benzene rings is 2. The van der Waals surface area contributed by atoms with Gasteiger partial charge in [0.1, 0.15) is 0 Å². The lowest BCUT2D eigenvalue weighted by Gasteiger charge is -2.31. The van der Waals surface area contributed by atoms with Crippen molar-refractivity contribution in [3.8, 4) is 17.6 Å². The maximum absolute atomic E-state index is 12.5. The Labute approximate surface area is 149 Å². The van der Waals surface area contributed by atoms with E-state index in [1.165, 1.54) is 0 Å². The lowest BCUT2D eigenvalue weighted by Crippen LogP contribution is -2.37. The molecule has 3 aromatic rings. The molecule has 0 bridgehead atoms. The lowest BCUT2D eigenvalue weighted by atomic mass is 9.90.